The highest BCUT2D eigenvalue weighted by molar-refractivity contribution is 6.30. The van der Waals surface area contributed by atoms with Crippen molar-refractivity contribution < 1.29 is 9.26 Å². The number of benzene rings is 1. The quantitative estimate of drug-likeness (QED) is 0.872. The standard InChI is InChI=1S/C15H18ClN3O2/c1-10-7-19(8-11(2)20-10)9-14-17-15(18-21-14)12-3-5-13(16)6-4-12/h3-6,10-11H,7-9H2,1-2H3/t10-,11-/m0/s1. The second kappa shape index (κ2) is 6.13. The lowest BCUT2D eigenvalue weighted by atomic mass is 10.2. The summed E-state index contributed by atoms with van der Waals surface area (Å²) in [5, 5.41) is 4.73. The molecule has 2 atom stereocenters. The molecule has 112 valence electrons. The van der Waals surface area contributed by atoms with Gasteiger partial charge in [0.15, 0.2) is 0 Å². The molecule has 1 saturated heterocycles. The van der Waals surface area contributed by atoms with Gasteiger partial charge in [-0.15, -0.1) is 0 Å². The Labute approximate surface area is 128 Å². The van der Waals surface area contributed by atoms with Crippen LogP contribution in [0, 0.1) is 0 Å². The zero-order valence-corrected chi connectivity index (χ0v) is 12.9. The maximum Gasteiger partial charge on any atom is 0.241 e. The van der Waals surface area contributed by atoms with Gasteiger partial charge < -0.3 is 9.26 Å². The molecule has 0 amide bonds. The summed E-state index contributed by atoms with van der Waals surface area (Å²) < 4.78 is 11.1. The van der Waals surface area contributed by atoms with E-state index in [1.807, 2.05) is 24.3 Å². The topological polar surface area (TPSA) is 51.4 Å². The van der Waals surface area contributed by atoms with Crippen molar-refractivity contribution in [2.24, 2.45) is 0 Å². The van der Waals surface area contributed by atoms with Crippen LogP contribution in [-0.4, -0.2) is 40.3 Å². The van der Waals surface area contributed by atoms with Gasteiger partial charge in [0.25, 0.3) is 0 Å². The van der Waals surface area contributed by atoms with Gasteiger partial charge in [0, 0.05) is 23.7 Å². The maximum absolute atomic E-state index is 5.88. The highest BCUT2D eigenvalue weighted by atomic mass is 35.5. The Morgan fingerprint density at radius 1 is 1.19 bits per heavy atom. The first-order valence-corrected chi connectivity index (χ1v) is 7.44. The van der Waals surface area contributed by atoms with E-state index in [1.165, 1.54) is 0 Å². The lowest BCUT2D eigenvalue weighted by Crippen LogP contribution is -2.44. The number of aromatic nitrogens is 2. The highest BCUT2D eigenvalue weighted by Crippen LogP contribution is 2.20. The zero-order valence-electron chi connectivity index (χ0n) is 12.1. The first kappa shape index (κ1) is 14.5. The molecule has 1 aromatic heterocycles. The molecule has 5 nitrogen and oxygen atoms in total. The third-order valence-electron chi connectivity index (χ3n) is 3.42. The van der Waals surface area contributed by atoms with Crippen molar-refractivity contribution in [3.05, 3.63) is 35.2 Å². The van der Waals surface area contributed by atoms with Crippen LogP contribution in [0.1, 0.15) is 19.7 Å². The molecule has 6 heteroatoms. The van der Waals surface area contributed by atoms with Gasteiger partial charge in [0.05, 0.1) is 18.8 Å². The number of nitrogens with zero attached hydrogens (tertiary/aromatic N) is 3. The Balaban J connectivity index is 1.69. The predicted molar refractivity (Wildman–Crippen MR) is 80.0 cm³/mol. The third kappa shape index (κ3) is 3.61. The highest BCUT2D eigenvalue weighted by Gasteiger charge is 2.23. The van der Waals surface area contributed by atoms with Gasteiger partial charge in [-0.25, -0.2) is 0 Å². The average molecular weight is 308 g/mol. The second-order valence-corrected chi connectivity index (χ2v) is 5.91. The third-order valence-corrected chi connectivity index (χ3v) is 3.68. The number of ether oxygens (including phenoxy) is 1. The fraction of sp³-hybridized carbons (Fsp3) is 0.467. The largest absolute Gasteiger partial charge is 0.373 e. The summed E-state index contributed by atoms with van der Waals surface area (Å²) in [6, 6.07) is 7.40. The van der Waals surface area contributed by atoms with Crippen molar-refractivity contribution >= 4 is 11.6 Å². The van der Waals surface area contributed by atoms with Crippen LogP contribution in [0.5, 0.6) is 0 Å². The first-order valence-electron chi connectivity index (χ1n) is 7.06. The summed E-state index contributed by atoms with van der Waals surface area (Å²) in [5.41, 5.74) is 0.901. The molecule has 1 fully saturated rings. The molecule has 1 aliphatic heterocycles. The fourth-order valence-corrected chi connectivity index (χ4v) is 2.77. The van der Waals surface area contributed by atoms with E-state index < -0.39 is 0 Å². The summed E-state index contributed by atoms with van der Waals surface area (Å²) in [6.07, 6.45) is 0.458. The van der Waals surface area contributed by atoms with E-state index in [-0.39, 0.29) is 12.2 Å². The molecule has 1 aliphatic rings. The molecular formula is C15H18ClN3O2. The Kier molecular flexibility index (Phi) is 4.24. The van der Waals surface area contributed by atoms with Gasteiger partial charge in [0.1, 0.15) is 0 Å². The predicted octanol–water partition coefficient (Wildman–Crippen LogP) is 3.00. The van der Waals surface area contributed by atoms with Crippen LogP contribution in [0.3, 0.4) is 0 Å². The minimum absolute atomic E-state index is 0.229. The number of rotatable bonds is 3. The summed E-state index contributed by atoms with van der Waals surface area (Å²) in [4.78, 5) is 6.73. The zero-order chi connectivity index (χ0) is 14.8. The van der Waals surface area contributed by atoms with Crippen LogP contribution in [0.2, 0.25) is 5.02 Å². The lowest BCUT2D eigenvalue weighted by Gasteiger charge is -2.34. The second-order valence-electron chi connectivity index (χ2n) is 5.47. The van der Waals surface area contributed by atoms with Gasteiger partial charge in [-0.1, -0.05) is 16.8 Å². The molecule has 0 unspecified atom stereocenters. The van der Waals surface area contributed by atoms with Crippen LogP contribution in [0.15, 0.2) is 28.8 Å². The normalized spacial score (nSPS) is 23.4. The molecule has 2 aromatic rings. The molecule has 0 bridgehead atoms. The summed E-state index contributed by atoms with van der Waals surface area (Å²) in [5.74, 6) is 1.22. The van der Waals surface area contributed by atoms with Gasteiger partial charge >= 0.3 is 0 Å². The Hall–Kier alpha value is -1.43. The van der Waals surface area contributed by atoms with Gasteiger partial charge in [-0.3, -0.25) is 4.90 Å². The van der Waals surface area contributed by atoms with E-state index in [0.717, 1.165) is 18.7 Å². The molecule has 0 aliphatic carbocycles. The molecule has 21 heavy (non-hydrogen) atoms. The summed E-state index contributed by atoms with van der Waals surface area (Å²) in [7, 11) is 0. The van der Waals surface area contributed by atoms with Gasteiger partial charge in [-0.05, 0) is 38.1 Å². The minimum Gasteiger partial charge on any atom is -0.373 e. The SMILES string of the molecule is C[C@H]1CN(Cc2nc(-c3ccc(Cl)cc3)no2)C[C@H](C)O1. The van der Waals surface area contributed by atoms with Gasteiger partial charge in [-0.2, -0.15) is 4.98 Å². The molecule has 0 saturated carbocycles. The number of hydrogen-bond acceptors (Lipinski definition) is 5. The molecule has 2 heterocycles. The molecule has 0 radical (unpaired) electrons. The Morgan fingerprint density at radius 2 is 1.86 bits per heavy atom. The van der Waals surface area contributed by atoms with Crippen molar-refractivity contribution in [2.45, 2.75) is 32.6 Å². The van der Waals surface area contributed by atoms with E-state index in [0.29, 0.717) is 23.3 Å². The van der Waals surface area contributed by atoms with Crippen molar-refractivity contribution in [1.29, 1.82) is 0 Å². The van der Waals surface area contributed by atoms with Crippen LogP contribution < -0.4 is 0 Å². The van der Waals surface area contributed by atoms with E-state index in [4.69, 9.17) is 20.9 Å². The van der Waals surface area contributed by atoms with Crippen LogP contribution in [0.25, 0.3) is 11.4 Å². The van der Waals surface area contributed by atoms with Crippen LogP contribution in [-0.2, 0) is 11.3 Å². The van der Waals surface area contributed by atoms with Crippen molar-refractivity contribution in [2.75, 3.05) is 13.1 Å². The molecular weight excluding hydrogens is 290 g/mol. The lowest BCUT2D eigenvalue weighted by molar-refractivity contribution is -0.0725. The molecule has 1 aromatic carbocycles. The van der Waals surface area contributed by atoms with Crippen molar-refractivity contribution in [3.63, 3.8) is 0 Å². The smallest absolute Gasteiger partial charge is 0.241 e. The van der Waals surface area contributed by atoms with Crippen molar-refractivity contribution in [1.82, 2.24) is 15.0 Å². The Bertz CT molecular complexity index is 589. The van der Waals surface area contributed by atoms with E-state index >= 15 is 0 Å². The number of morpholine rings is 1. The van der Waals surface area contributed by atoms with E-state index in [9.17, 15) is 0 Å². The summed E-state index contributed by atoms with van der Waals surface area (Å²) in [6.45, 7) is 6.57. The average Bonchev–Trinajstić information content (AvgIpc) is 2.87. The summed E-state index contributed by atoms with van der Waals surface area (Å²) >= 11 is 5.88. The first-order chi connectivity index (χ1) is 10.1. The Morgan fingerprint density at radius 3 is 2.52 bits per heavy atom. The van der Waals surface area contributed by atoms with E-state index in [1.54, 1.807) is 0 Å². The maximum atomic E-state index is 5.88. The number of halogens is 1. The van der Waals surface area contributed by atoms with Crippen LogP contribution >= 0.6 is 11.6 Å². The van der Waals surface area contributed by atoms with E-state index in [2.05, 4.69) is 28.9 Å². The monoisotopic (exact) mass is 307 g/mol. The van der Waals surface area contributed by atoms with Crippen molar-refractivity contribution in [3.8, 4) is 11.4 Å². The number of hydrogen-bond donors (Lipinski definition) is 0. The molecule has 3 rings (SSSR count). The molecule has 0 spiro atoms. The van der Waals surface area contributed by atoms with Gasteiger partial charge in [0.2, 0.25) is 11.7 Å². The minimum atomic E-state index is 0.229. The van der Waals surface area contributed by atoms with Crippen LogP contribution in [0.4, 0.5) is 0 Å². The fourth-order valence-electron chi connectivity index (χ4n) is 2.64. The molecule has 0 N–H and O–H groups in total.